The van der Waals surface area contributed by atoms with Gasteiger partial charge in [-0.3, -0.25) is 0 Å². The van der Waals surface area contributed by atoms with E-state index in [1.54, 1.807) is 0 Å². The van der Waals surface area contributed by atoms with E-state index < -0.39 is 12.6 Å². The third-order valence-corrected chi connectivity index (χ3v) is 3.02. The maximum atomic E-state index is 12.1. The minimum Gasteiger partial charge on any atom is -0.379 e. The van der Waals surface area contributed by atoms with Crippen LogP contribution in [-0.2, 0) is 4.74 Å². The van der Waals surface area contributed by atoms with Gasteiger partial charge in [-0.2, -0.15) is 13.2 Å². The largest absolute Gasteiger partial charge is 0.391 e. The molecule has 0 saturated heterocycles. The van der Waals surface area contributed by atoms with E-state index in [4.69, 9.17) is 4.74 Å². The molecule has 0 saturated carbocycles. The third kappa shape index (κ3) is 6.39. The van der Waals surface area contributed by atoms with Gasteiger partial charge in [-0.05, 0) is 31.0 Å². The van der Waals surface area contributed by atoms with Crippen molar-refractivity contribution >= 4 is 0 Å². The van der Waals surface area contributed by atoms with Crippen molar-refractivity contribution in [1.29, 1.82) is 0 Å². The number of hydrogen-bond donors (Lipinski definition) is 1. The molecule has 0 radical (unpaired) electrons. The van der Waals surface area contributed by atoms with Gasteiger partial charge in [0.25, 0.3) is 0 Å². The molecule has 1 unspecified atom stereocenters. The second-order valence-corrected chi connectivity index (χ2v) is 4.80. The molecule has 2 nitrogen and oxygen atoms in total. The van der Waals surface area contributed by atoms with Crippen molar-refractivity contribution in [2.45, 2.75) is 38.9 Å². The molecule has 5 heteroatoms. The molecule has 20 heavy (non-hydrogen) atoms. The van der Waals surface area contributed by atoms with Crippen LogP contribution in [0.3, 0.4) is 0 Å². The van der Waals surface area contributed by atoms with Gasteiger partial charge in [0, 0.05) is 0 Å². The Kier molecular flexibility index (Phi) is 7.02. The highest BCUT2D eigenvalue weighted by Gasteiger charge is 2.26. The monoisotopic (exact) mass is 289 g/mol. The zero-order chi connectivity index (χ0) is 15.0. The number of nitrogens with one attached hydrogen (secondary N) is 1. The SMILES string of the molecule is CCCNC(COCCC(F)(F)F)c1ccccc1C. The maximum absolute atomic E-state index is 12.1. The lowest BCUT2D eigenvalue weighted by Crippen LogP contribution is -2.27. The lowest BCUT2D eigenvalue weighted by molar-refractivity contribution is -0.145. The Morgan fingerprint density at radius 2 is 1.95 bits per heavy atom. The van der Waals surface area contributed by atoms with Crippen LogP contribution in [0.4, 0.5) is 13.2 Å². The summed E-state index contributed by atoms with van der Waals surface area (Å²) in [6, 6.07) is 7.78. The number of benzene rings is 1. The molecule has 0 fully saturated rings. The summed E-state index contributed by atoms with van der Waals surface area (Å²) >= 11 is 0. The predicted molar refractivity (Wildman–Crippen MR) is 73.7 cm³/mol. The quantitative estimate of drug-likeness (QED) is 0.730. The molecule has 1 aromatic carbocycles. The molecule has 0 spiro atoms. The Hall–Kier alpha value is -1.07. The van der Waals surface area contributed by atoms with Crippen molar-refractivity contribution in [3.05, 3.63) is 35.4 Å². The third-order valence-electron chi connectivity index (χ3n) is 3.02. The molecule has 114 valence electrons. The van der Waals surface area contributed by atoms with Crippen molar-refractivity contribution in [1.82, 2.24) is 5.32 Å². The first kappa shape index (κ1) is 17.0. The van der Waals surface area contributed by atoms with E-state index in [0.717, 1.165) is 24.1 Å². The van der Waals surface area contributed by atoms with Gasteiger partial charge in [0.15, 0.2) is 0 Å². The number of aryl methyl sites for hydroxylation is 1. The summed E-state index contributed by atoms with van der Waals surface area (Å²) in [6.07, 6.45) is -4.10. The highest BCUT2D eigenvalue weighted by atomic mass is 19.4. The molecule has 0 aliphatic carbocycles. The summed E-state index contributed by atoms with van der Waals surface area (Å²) < 4.78 is 41.4. The van der Waals surface area contributed by atoms with Crippen molar-refractivity contribution < 1.29 is 17.9 Å². The summed E-state index contributed by atoms with van der Waals surface area (Å²) in [5.41, 5.74) is 2.19. The van der Waals surface area contributed by atoms with E-state index in [1.807, 2.05) is 38.1 Å². The number of rotatable bonds is 8. The van der Waals surface area contributed by atoms with Crippen LogP contribution in [0.1, 0.15) is 36.9 Å². The van der Waals surface area contributed by atoms with Crippen LogP contribution in [0, 0.1) is 6.92 Å². The summed E-state index contributed by atoms with van der Waals surface area (Å²) in [4.78, 5) is 0. The van der Waals surface area contributed by atoms with E-state index in [0.29, 0.717) is 0 Å². The molecule has 0 aliphatic rings. The van der Waals surface area contributed by atoms with Crippen LogP contribution in [0.25, 0.3) is 0 Å². The molecule has 1 rings (SSSR count). The molecule has 1 aromatic rings. The Bertz CT molecular complexity index is 393. The van der Waals surface area contributed by atoms with Crippen molar-refractivity contribution in [2.75, 3.05) is 19.8 Å². The highest BCUT2D eigenvalue weighted by Crippen LogP contribution is 2.21. The number of halogens is 3. The molecule has 1 atom stereocenters. The fourth-order valence-electron chi connectivity index (χ4n) is 1.94. The maximum Gasteiger partial charge on any atom is 0.391 e. The zero-order valence-electron chi connectivity index (χ0n) is 12.0. The fourth-order valence-corrected chi connectivity index (χ4v) is 1.94. The smallest absolute Gasteiger partial charge is 0.379 e. The van der Waals surface area contributed by atoms with Crippen LogP contribution < -0.4 is 5.32 Å². The average molecular weight is 289 g/mol. The molecule has 0 aliphatic heterocycles. The summed E-state index contributed by atoms with van der Waals surface area (Å²) in [5.74, 6) is 0. The average Bonchev–Trinajstić information content (AvgIpc) is 2.38. The van der Waals surface area contributed by atoms with Gasteiger partial charge in [0.05, 0.1) is 25.7 Å². The Morgan fingerprint density at radius 3 is 2.55 bits per heavy atom. The van der Waals surface area contributed by atoms with E-state index in [9.17, 15) is 13.2 Å². The number of hydrogen-bond acceptors (Lipinski definition) is 2. The minimum atomic E-state index is -4.16. The Labute approximate surface area is 118 Å². The van der Waals surface area contributed by atoms with Crippen LogP contribution in [0.15, 0.2) is 24.3 Å². The molecule has 0 heterocycles. The van der Waals surface area contributed by atoms with Crippen LogP contribution >= 0.6 is 0 Å². The van der Waals surface area contributed by atoms with Gasteiger partial charge >= 0.3 is 6.18 Å². The van der Waals surface area contributed by atoms with E-state index in [-0.39, 0.29) is 19.3 Å². The van der Waals surface area contributed by atoms with Crippen molar-refractivity contribution in [2.24, 2.45) is 0 Å². The first-order chi connectivity index (χ1) is 9.44. The van der Waals surface area contributed by atoms with E-state index in [2.05, 4.69) is 5.32 Å². The first-order valence-corrected chi connectivity index (χ1v) is 6.87. The van der Waals surface area contributed by atoms with Crippen molar-refractivity contribution in [3.63, 3.8) is 0 Å². The lowest BCUT2D eigenvalue weighted by atomic mass is 10.0. The van der Waals surface area contributed by atoms with E-state index >= 15 is 0 Å². The van der Waals surface area contributed by atoms with E-state index in [1.165, 1.54) is 0 Å². The Morgan fingerprint density at radius 1 is 1.25 bits per heavy atom. The number of ether oxygens (including phenoxy) is 1. The normalized spacial score (nSPS) is 13.4. The lowest BCUT2D eigenvalue weighted by Gasteiger charge is -2.21. The second kappa shape index (κ2) is 8.27. The highest BCUT2D eigenvalue weighted by molar-refractivity contribution is 5.28. The second-order valence-electron chi connectivity index (χ2n) is 4.80. The standard InChI is InChI=1S/C15H22F3NO/c1-3-9-19-14(11-20-10-8-15(16,17)18)13-7-5-4-6-12(13)2/h4-7,14,19H,3,8-11H2,1-2H3. The van der Waals surface area contributed by atoms with Gasteiger partial charge in [0.2, 0.25) is 0 Å². The van der Waals surface area contributed by atoms with Gasteiger partial charge in [0.1, 0.15) is 0 Å². The first-order valence-electron chi connectivity index (χ1n) is 6.87. The molecule has 0 amide bonds. The van der Waals surface area contributed by atoms with Gasteiger partial charge in [-0.15, -0.1) is 0 Å². The topological polar surface area (TPSA) is 21.3 Å². The number of alkyl halides is 3. The summed E-state index contributed by atoms with van der Waals surface area (Å²) in [7, 11) is 0. The van der Waals surface area contributed by atoms with Gasteiger partial charge < -0.3 is 10.1 Å². The van der Waals surface area contributed by atoms with Gasteiger partial charge in [-0.25, -0.2) is 0 Å². The molecule has 1 N–H and O–H groups in total. The van der Waals surface area contributed by atoms with Crippen LogP contribution in [-0.4, -0.2) is 25.9 Å². The molecule has 0 aromatic heterocycles. The molecule has 0 bridgehead atoms. The minimum absolute atomic E-state index is 0.0654. The summed E-state index contributed by atoms with van der Waals surface area (Å²) in [6.45, 7) is 4.81. The van der Waals surface area contributed by atoms with Crippen molar-refractivity contribution in [3.8, 4) is 0 Å². The van der Waals surface area contributed by atoms with Crippen LogP contribution in [0.5, 0.6) is 0 Å². The predicted octanol–water partition coefficient (Wildman–Crippen LogP) is 4.00. The Balaban J connectivity index is 2.55. The van der Waals surface area contributed by atoms with Crippen LogP contribution in [0.2, 0.25) is 0 Å². The molecular weight excluding hydrogens is 267 g/mol. The fraction of sp³-hybridized carbons (Fsp3) is 0.600. The molecular formula is C15H22F3NO. The summed E-state index contributed by atoms with van der Waals surface area (Å²) in [5, 5.41) is 3.32. The van der Waals surface area contributed by atoms with Gasteiger partial charge in [-0.1, -0.05) is 31.2 Å². The zero-order valence-corrected chi connectivity index (χ0v) is 12.0.